The zero-order valence-electron chi connectivity index (χ0n) is 23.6. The van der Waals surface area contributed by atoms with Crippen molar-refractivity contribution in [3.05, 3.63) is 65.7 Å². The number of hydrogen-bond acceptors (Lipinski definition) is 6. The van der Waals surface area contributed by atoms with E-state index in [9.17, 15) is 29.4 Å². The Hall–Kier alpha value is -3.92. The molecule has 10 nitrogen and oxygen atoms in total. The lowest BCUT2D eigenvalue weighted by Gasteiger charge is -2.27. The van der Waals surface area contributed by atoms with Crippen LogP contribution in [-0.4, -0.2) is 58.1 Å². The number of phenolic OH excluding ortho intramolecular Hbond substituents is 1. The summed E-state index contributed by atoms with van der Waals surface area (Å²) in [4.78, 5) is 51.8. The molecular formula is C30H42N4O6. The van der Waals surface area contributed by atoms with Gasteiger partial charge in [0.25, 0.3) is 0 Å². The zero-order chi connectivity index (χ0) is 29.8. The van der Waals surface area contributed by atoms with Crippen LogP contribution in [0.3, 0.4) is 0 Å². The van der Waals surface area contributed by atoms with Crippen molar-refractivity contribution in [1.29, 1.82) is 0 Å². The van der Waals surface area contributed by atoms with Crippen LogP contribution in [0.4, 0.5) is 0 Å². The molecule has 40 heavy (non-hydrogen) atoms. The topological polar surface area (TPSA) is 171 Å². The van der Waals surface area contributed by atoms with Crippen molar-refractivity contribution in [3.63, 3.8) is 0 Å². The highest BCUT2D eigenvalue weighted by atomic mass is 16.4. The molecule has 218 valence electrons. The van der Waals surface area contributed by atoms with Gasteiger partial charge < -0.3 is 31.9 Å². The van der Waals surface area contributed by atoms with E-state index in [0.29, 0.717) is 18.4 Å². The first-order valence-electron chi connectivity index (χ1n) is 13.7. The number of carboxylic acid groups (broad SMARTS) is 1. The normalized spacial score (nSPS) is 15.5. The Morgan fingerprint density at radius 2 is 1.20 bits per heavy atom. The monoisotopic (exact) mass is 554 g/mol. The first kappa shape index (κ1) is 32.3. The third kappa shape index (κ3) is 9.68. The van der Waals surface area contributed by atoms with Gasteiger partial charge in [-0.25, -0.2) is 4.79 Å². The number of hydrogen-bond donors (Lipinski definition) is 6. The van der Waals surface area contributed by atoms with Crippen LogP contribution in [0.1, 0.15) is 51.7 Å². The van der Waals surface area contributed by atoms with E-state index < -0.39 is 47.9 Å². The molecular weight excluding hydrogens is 512 g/mol. The number of phenols is 1. The fourth-order valence-electron chi connectivity index (χ4n) is 4.13. The van der Waals surface area contributed by atoms with Crippen LogP contribution < -0.4 is 21.7 Å². The van der Waals surface area contributed by atoms with Crippen LogP contribution in [0.2, 0.25) is 0 Å². The summed E-state index contributed by atoms with van der Waals surface area (Å²) in [6.45, 7) is 7.31. The average Bonchev–Trinajstić information content (AvgIpc) is 2.95. The summed E-state index contributed by atoms with van der Waals surface area (Å²) in [6, 6.07) is 11.1. The Labute approximate surface area is 235 Å². The highest BCUT2D eigenvalue weighted by molar-refractivity contribution is 5.94. The van der Waals surface area contributed by atoms with Gasteiger partial charge in [-0.1, -0.05) is 83.0 Å². The molecule has 0 saturated heterocycles. The molecule has 6 unspecified atom stereocenters. The number of aromatic hydroxyl groups is 1. The van der Waals surface area contributed by atoms with Crippen molar-refractivity contribution >= 4 is 23.7 Å². The largest absolute Gasteiger partial charge is 0.508 e. The van der Waals surface area contributed by atoms with Gasteiger partial charge in [-0.2, -0.15) is 0 Å². The van der Waals surface area contributed by atoms with Crippen molar-refractivity contribution in [3.8, 4) is 5.75 Å². The van der Waals surface area contributed by atoms with Gasteiger partial charge in [0, 0.05) is 12.8 Å². The number of carbonyl (C=O) groups excluding carboxylic acids is 3. The second-order valence-electron chi connectivity index (χ2n) is 10.3. The Morgan fingerprint density at radius 3 is 1.70 bits per heavy atom. The Morgan fingerprint density at radius 1 is 0.725 bits per heavy atom. The minimum atomic E-state index is -1.18. The molecule has 0 spiro atoms. The summed E-state index contributed by atoms with van der Waals surface area (Å²) < 4.78 is 0. The molecule has 0 aliphatic heterocycles. The lowest BCUT2D eigenvalue weighted by atomic mass is 9.97. The Kier molecular flexibility index (Phi) is 12.6. The van der Waals surface area contributed by atoms with Crippen LogP contribution in [-0.2, 0) is 32.0 Å². The minimum absolute atomic E-state index is 0.0308. The number of aliphatic carboxylic acids is 1. The van der Waals surface area contributed by atoms with Gasteiger partial charge in [0.1, 0.15) is 23.9 Å². The molecule has 2 aromatic carbocycles. The fraction of sp³-hybridized carbons (Fsp3) is 0.467. The van der Waals surface area contributed by atoms with Crippen molar-refractivity contribution in [1.82, 2.24) is 16.0 Å². The van der Waals surface area contributed by atoms with E-state index in [-0.39, 0.29) is 30.4 Å². The van der Waals surface area contributed by atoms with Crippen LogP contribution >= 0.6 is 0 Å². The maximum atomic E-state index is 13.6. The summed E-state index contributed by atoms with van der Waals surface area (Å²) >= 11 is 0. The lowest BCUT2D eigenvalue weighted by molar-refractivity contribution is -0.143. The van der Waals surface area contributed by atoms with Crippen molar-refractivity contribution in [2.24, 2.45) is 17.6 Å². The molecule has 2 aromatic rings. The second-order valence-corrected chi connectivity index (χ2v) is 10.3. The van der Waals surface area contributed by atoms with Gasteiger partial charge >= 0.3 is 5.97 Å². The van der Waals surface area contributed by atoms with Gasteiger partial charge in [-0.05, 0) is 35.1 Å². The zero-order valence-corrected chi connectivity index (χ0v) is 23.6. The standard InChI is InChI=1S/C30H42N4O6/c1-5-18(3)25(31)29(38)33-23(16-20-10-8-7-9-11-20)27(36)32-24(17-21-12-14-22(35)15-13-21)28(37)34-26(30(39)40)19(4)6-2/h7-15,18-19,23-26,35H,5-6,16-17,31H2,1-4H3,(H,32,36)(H,33,38)(H,34,37)(H,39,40). The summed E-state index contributed by atoms with van der Waals surface area (Å²) in [5.74, 6) is -3.35. The maximum absolute atomic E-state index is 13.6. The average molecular weight is 555 g/mol. The third-order valence-corrected chi connectivity index (χ3v) is 7.26. The van der Waals surface area contributed by atoms with Gasteiger partial charge in [0.15, 0.2) is 0 Å². The maximum Gasteiger partial charge on any atom is 0.326 e. The van der Waals surface area contributed by atoms with E-state index in [1.54, 1.807) is 19.1 Å². The van der Waals surface area contributed by atoms with Crippen molar-refractivity contribution < 1.29 is 29.4 Å². The molecule has 2 rings (SSSR count). The Bertz CT molecular complexity index is 1120. The van der Waals surface area contributed by atoms with Crippen molar-refractivity contribution in [2.75, 3.05) is 0 Å². The second kappa shape index (κ2) is 15.6. The molecule has 0 heterocycles. The molecule has 0 aromatic heterocycles. The van der Waals surface area contributed by atoms with Crippen LogP contribution in [0, 0.1) is 11.8 Å². The van der Waals surface area contributed by atoms with Crippen molar-refractivity contribution in [2.45, 2.75) is 77.5 Å². The number of carboxylic acids is 1. The Balaban J connectivity index is 2.35. The number of carbonyl (C=O) groups is 4. The lowest BCUT2D eigenvalue weighted by Crippen LogP contribution is -2.59. The predicted octanol–water partition coefficient (Wildman–Crippen LogP) is 2.14. The quantitative estimate of drug-likeness (QED) is 0.196. The molecule has 0 aliphatic carbocycles. The number of rotatable bonds is 15. The van der Waals surface area contributed by atoms with Crippen LogP contribution in [0.25, 0.3) is 0 Å². The van der Waals surface area contributed by atoms with E-state index in [1.807, 2.05) is 51.1 Å². The molecule has 10 heteroatoms. The number of nitrogens with two attached hydrogens (primary N) is 1. The van der Waals surface area contributed by atoms with Gasteiger partial charge in [0.2, 0.25) is 17.7 Å². The third-order valence-electron chi connectivity index (χ3n) is 7.26. The SMILES string of the molecule is CCC(C)C(N)C(=O)NC(Cc1ccccc1)C(=O)NC(Cc1ccc(O)cc1)C(=O)NC(C(=O)O)C(C)CC. The number of amides is 3. The molecule has 0 saturated carbocycles. The van der Waals surface area contributed by atoms with E-state index in [1.165, 1.54) is 12.1 Å². The predicted molar refractivity (Wildman–Crippen MR) is 152 cm³/mol. The molecule has 3 amide bonds. The molecule has 0 bridgehead atoms. The summed E-state index contributed by atoms with van der Waals surface area (Å²) in [5, 5.41) is 27.4. The highest BCUT2D eigenvalue weighted by Gasteiger charge is 2.32. The van der Waals surface area contributed by atoms with Gasteiger partial charge in [0.05, 0.1) is 6.04 Å². The smallest absolute Gasteiger partial charge is 0.326 e. The van der Waals surface area contributed by atoms with Crippen LogP contribution in [0.5, 0.6) is 5.75 Å². The summed E-state index contributed by atoms with van der Waals surface area (Å²) in [6.07, 6.45) is 1.39. The molecule has 0 radical (unpaired) electrons. The first-order chi connectivity index (χ1) is 19.0. The van der Waals surface area contributed by atoms with Crippen LogP contribution in [0.15, 0.2) is 54.6 Å². The number of nitrogens with one attached hydrogen (secondary N) is 3. The highest BCUT2D eigenvalue weighted by Crippen LogP contribution is 2.14. The molecule has 0 fully saturated rings. The van der Waals surface area contributed by atoms with Gasteiger partial charge in [-0.3, -0.25) is 14.4 Å². The van der Waals surface area contributed by atoms with E-state index in [0.717, 1.165) is 5.56 Å². The van der Waals surface area contributed by atoms with E-state index >= 15 is 0 Å². The molecule has 7 N–H and O–H groups in total. The van der Waals surface area contributed by atoms with Gasteiger partial charge in [-0.15, -0.1) is 0 Å². The molecule has 6 atom stereocenters. The fourth-order valence-corrected chi connectivity index (χ4v) is 4.13. The minimum Gasteiger partial charge on any atom is -0.508 e. The van der Waals surface area contributed by atoms with E-state index in [4.69, 9.17) is 5.73 Å². The summed E-state index contributed by atoms with van der Waals surface area (Å²) in [5.41, 5.74) is 7.55. The summed E-state index contributed by atoms with van der Waals surface area (Å²) in [7, 11) is 0. The molecule has 0 aliphatic rings. The van der Waals surface area contributed by atoms with E-state index in [2.05, 4.69) is 16.0 Å². The number of benzene rings is 2. The first-order valence-corrected chi connectivity index (χ1v) is 13.7.